The average Bonchev–Trinajstić information content (AvgIpc) is 3.10. The third-order valence-electron chi connectivity index (χ3n) is 4.65. The van der Waals surface area contributed by atoms with E-state index in [0.717, 1.165) is 43.1 Å². The standard InChI is InChI=1S/C20H22N4/c1-15-5-7-17-12-16(6-8-19(17)23-15)13-22-18-9-11-24(14-18)20-4-2-3-10-21-20/h2-8,10,12,18,22H,9,11,13-14H2,1H3/t18-/m1/s1. The lowest BCUT2D eigenvalue weighted by Gasteiger charge is -2.17. The van der Waals surface area contributed by atoms with Crippen molar-refractivity contribution in [3.8, 4) is 0 Å². The molecule has 1 saturated heterocycles. The van der Waals surface area contributed by atoms with Gasteiger partial charge in [0.25, 0.3) is 0 Å². The van der Waals surface area contributed by atoms with Crippen LogP contribution in [0, 0.1) is 6.92 Å². The van der Waals surface area contributed by atoms with Crippen molar-refractivity contribution < 1.29 is 0 Å². The Bertz CT molecular complexity index is 831. The fraction of sp³-hybridized carbons (Fsp3) is 0.300. The monoisotopic (exact) mass is 318 g/mol. The molecular weight excluding hydrogens is 296 g/mol. The topological polar surface area (TPSA) is 41.0 Å². The Labute approximate surface area is 142 Å². The fourth-order valence-electron chi connectivity index (χ4n) is 3.32. The van der Waals surface area contributed by atoms with Gasteiger partial charge in [-0.15, -0.1) is 0 Å². The number of hydrogen-bond acceptors (Lipinski definition) is 4. The number of aromatic nitrogens is 2. The molecule has 1 aromatic carbocycles. The Morgan fingerprint density at radius 3 is 3.00 bits per heavy atom. The van der Waals surface area contributed by atoms with Crippen LogP contribution in [-0.2, 0) is 6.54 Å². The van der Waals surface area contributed by atoms with Gasteiger partial charge in [0.2, 0.25) is 0 Å². The van der Waals surface area contributed by atoms with Gasteiger partial charge in [-0.25, -0.2) is 4.98 Å². The Morgan fingerprint density at radius 1 is 1.17 bits per heavy atom. The number of fused-ring (bicyclic) bond motifs is 1. The van der Waals surface area contributed by atoms with Crippen molar-refractivity contribution in [2.45, 2.75) is 25.9 Å². The molecule has 3 heterocycles. The number of aryl methyl sites for hydroxylation is 1. The number of nitrogens with one attached hydrogen (secondary N) is 1. The minimum Gasteiger partial charge on any atom is -0.355 e. The molecule has 0 spiro atoms. The highest BCUT2D eigenvalue weighted by Crippen LogP contribution is 2.18. The molecule has 1 aliphatic heterocycles. The molecule has 0 amide bonds. The second-order valence-corrected chi connectivity index (χ2v) is 6.48. The summed E-state index contributed by atoms with van der Waals surface area (Å²) in [7, 11) is 0. The maximum absolute atomic E-state index is 4.56. The molecule has 2 aromatic heterocycles. The van der Waals surface area contributed by atoms with Crippen LogP contribution >= 0.6 is 0 Å². The first-order valence-corrected chi connectivity index (χ1v) is 8.53. The van der Waals surface area contributed by atoms with Crippen molar-refractivity contribution >= 4 is 16.7 Å². The van der Waals surface area contributed by atoms with Crippen molar-refractivity contribution in [3.05, 3.63) is 66.0 Å². The van der Waals surface area contributed by atoms with Gasteiger partial charge < -0.3 is 10.2 Å². The summed E-state index contributed by atoms with van der Waals surface area (Å²) in [5.74, 6) is 1.08. The maximum Gasteiger partial charge on any atom is 0.128 e. The van der Waals surface area contributed by atoms with E-state index in [1.165, 1.54) is 10.9 Å². The second kappa shape index (κ2) is 6.57. The lowest BCUT2D eigenvalue weighted by atomic mass is 10.1. The van der Waals surface area contributed by atoms with Crippen LogP contribution in [0.3, 0.4) is 0 Å². The fourth-order valence-corrected chi connectivity index (χ4v) is 3.32. The lowest BCUT2D eigenvalue weighted by molar-refractivity contribution is 0.551. The molecule has 0 bridgehead atoms. The zero-order valence-electron chi connectivity index (χ0n) is 13.9. The van der Waals surface area contributed by atoms with Crippen LogP contribution in [-0.4, -0.2) is 29.1 Å². The largest absolute Gasteiger partial charge is 0.355 e. The summed E-state index contributed by atoms with van der Waals surface area (Å²) in [6.07, 6.45) is 3.02. The van der Waals surface area contributed by atoms with Gasteiger partial charge >= 0.3 is 0 Å². The third-order valence-corrected chi connectivity index (χ3v) is 4.65. The van der Waals surface area contributed by atoms with Gasteiger partial charge in [0.15, 0.2) is 0 Å². The molecule has 0 aliphatic carbocycles. The molecule has 1 N–H and O–H groups in total. The Hall–Kier alpha value is -2.46. The van der Waals surface area contributed by atoms with E-state index in [0.29, 0.717) is 6.04 Å². The number of hydrogen-bond donors (Lipinski definition) is 1. The van der Waals surface area contributed by atoms with Crippen molar-refractivity contribution in [1.29, 1.82) is 0 Å². The Morgan fingerprint density at radius 2 is 2.12 bits per heavy atom. The van der Waals surface area contributed by atoms with Crippen LogP contribution in [0.5, 0.6) is 0 Å². The van der Waals surface area contributed by atoms with Crippen LogP contribution in [0.25, 0.3) is 10.9 Å². The van der Waals surface area contributed by atoms with Crippen molar-refractivity contribution in [3.63, 3.8) is 0 Å². The molecule has 0 radical (unpaired) electrons. The molecule has 1 atom stereocenters. The number of nitrogens with zero attached hydrogens (tertiary/aromatic N) is 3. The van der Waals surface area contributed by atoms with Gasteiger partial charge in [0.05, 0.1) is 5.52 Å². The van der Waals surface area contributed by atoms with Gasteiger partial charge in [0.1, 0.15) is 5.82 Å². The lowest BCUT2D eigenvalue weighted by Crippen LogP contribution is -2.32. The van der Waals surface area contributed by atoms with E-state index in [1.54, 1.807) is 0 Å². The van der Waals surface area contributed by atoms with Crippen molar-refractivity contribution in [2.24, 2.45) is 0 Å². The Balaban J connectivity index is 1.38. The van der Waals surface area contributed by atoms with Gasteiger partial charge in [-0.3, -0.25) is 4.98 Å². The van der Waals surface area contributed by atoms with Crippen LogP contribution in [0.4, 0.5) is 5.82 Å². The highest BCUT2D eigenvalue weighted by Gasteiger charge is 2.22. The average molecular weight is 318 g/mol. The molecule has 4 nitrogen and oxygen atoms in total. The van der Waals surface area contributed by atoms with Crippen LogP contribution in [0.1, 0.15) is 17.7 Å². The zero-order valence-corrected chi connectivity index (χ0v) is 13.9. The van der Waals surface area contributed by atoms with Gasteiger partial charge in [-0.2, -0.15) is 0 Å². The molecule has 24 heavy (non-hydrogen) atoms. The van der Waals surface area contributed by atoms with E-state index < -0.39 is 0 Å². The summed E-state index contributed by atoms with van der Waals surface area (Å²) < 4.78 is 0. The van der Waals surface area contributed by atoms with Gasteiger partial charge in [-0.1, -0.05) is 18.2 Å². The molecule has 3 aromatic rings. The molecule has 1 aliphatic rings. The molecule has 0 saturated carbocycles. The molecule has 122 valence electrons. The van der Waals surface area contributed by atoms with Gasteiger partial charge in [-0.05, 0) is 49.2 Å². The SMILES string of the molecule is Cc1ccc2cc(CN[C@@H]3CCN(c4ccccn4)C3)ccc2n1. The third kappa shape index (κ3) is 3.24. The van der Waals surface area contributed by atoms with Crippen LogP contribution in [0.2, 0.25) is 0 Å². The first-order chi connectivity index (χ1) is 11.8. The minimum atomic E-state index is 0.513. The van der Waals surface area contributed by atoms with E-state index in [2.05, 4.69) is 56.6 Å². The van der Waals surface area contributed by atoms with E-state index in [4.69, 9.17) is 0 Å². The van der Waals surface area contributed by atoms with E-state index in [9.17, 15) is 0 Å². The predicted molar refractivity (Wildman–Crippen MR) is 98.2 cm³/mol. The normalized spacial score (nSPS) is 17.5. The summed E-state index contributed by atoms with van der Waals surface area (Å²) in [4.78, 5) is 11.4. The number of pyridine rings is 2. The molecule has 0 unspecified atom stereocenters. The predicted octanol–water partition coefficient (Wildman–Crippen LogP) is 3.31. The number of benzene rings is 1. The first kappa shape index (κ1) is 15.1. The Kier molecular flexibility index (Phi) is 4.13. The minimum absolute atomic E-state index is 0.513. The second-order valence-electron chi connectivity index (χ2n) is 6.48. The smallest absolute Gasteiger partial charge is 0.128 e. The summed E-state index contributed by atoms with van der Waals surface area (Å²) in [5.41, 5.74) is 3.44. The quantitative estimate of drug-likeness (QED) is 0.801. The number of anilines is 1. The summed E-state index contributed by atoms with van der Waals surface area (Å²) >= 11 is 0. The van der Waals surface area contributed by atoms with Crippen molar-refractivity contribution in [1.82, 2.24) is 15.3 Å². The molecule has 4 rings (SSSR count). The summed E-state index contributed by atoms with van der Waals surface area (Å²) in [6.45, 7) is 5.01. The highest BCUT2D eigenvalue weighted by molar-refractivity contribution is 5.79. The van der Waals surface area contributed by atoms with E-state index in [1.807, 2.05) is 25.3 Å². The van der Waals surface area contributed by atoms with Crippen LogP contribution < -0.4 is 10.2 Å². The molecular formula is C20H22N4. The first-order valence-electron chi connectivity index (χ1n) is 8.53. The summed E-state index contributed by atoms with van der Waals surface area (Å²) in [6, 6.07) is 17.4. The maximum atomic E-state index is 4.56. The summed E-state index contributed by atoms with van der Waals surface area (Å²) in [5, 5.41) is 4.89. The molecule has 1 fully saturated rings. The van der Waals surface area contributed by atoms with E-state index in [-0.39, 0.29) is 0 Å². The van der Waals surface area contributed by atoms with Crippen LogP contribution in [0.15, 0.2) is 54.7 Å². The number of rotatable bonds is 4. The highest BCUT2D eigenvalue weighted by atomic mass is 15.2. The van der Waals surface area contributed by atoms with Gasteiger partial charge in [0, 0.05) is 43.0 Å². The zero-order chi connectivity index (χ0) is 16.4. The molecule has 4 heteroatoms. The van der Waals surface area contributed by atoms with E-state index >= 15 is 0 Å². The van der Waals surface area contributed by atoms with Crippen molar-refractivity contribution in [2.75, 3.05) is 18.0 Å².